The van der Waals surface area contributed by atoms with E-state index >= 15 is 0 Å². The van der Waals surface area contributed by atoms with Crippen LogP contribution in [0.3, 0.4) is 0 Å². The third-order valence-electron chi connectivity index (χ3n) is 6.01. The first-order valence-corrected chi connectivity index (χ1v) is 8.32. The largest absolute Gasteiger partial charge is 0.324 e. The summed E-state index contributed by atoms with van der Waals surface area (Å²) in [5.41, 5.74) is 0. The Bertz CT molecular complexity index is 383. The van der Waals surface area contributed by atoms with Crippen LogP contribution in [0.15, 0.2) is 0 Å². The summed E-state index contributed by atoms with van der Waals surface area (Å²) in [7, 11) is 0. The van der Waals surface area contributed by atoms with E-state index in [1.54, 1.807) is 0 Å². The van der Waals surface area contributed by atoms with Crippen LogP contribution in [0.2, 0.25) is 0 Å². The molecule has 1 amide bonds. The van der Waals surface area contributed by atoms with Crippen LogP contribution in [0, 0.1) is 5.92 Å². The molecule has 0 aliphatic carbocycles. The van der Waals surface area contributed by atoms with E-state index in [0.717, 1.165) is 30.8 Å². The Balaban J connectivity index is 1.66. The van der Waals surface area contributed by atoms with Crippen molar-refractivity contribution in [2.24, 2.45) is 5.92 Å². The summed E-state index contributed by atoms with van der Waals surface area (Å²) in [4.78, 5) is 17.4. The predicted octanol–water partition coefficient (Wildman–Crippen LogP) is 2.75. The molecule has 4 heterocycles. The second-order valence-corrected chi connectivity index (χ2v) is 7.33. The number of carbonyl (C=O) groups is 1. The molecule has 0 aromatic rings. The van der Waals surface area contributed by atoms with Crippen molar-refractivity contribution in [1.82, 2.24) is 9.80 Å². The van der Waals surface area contributed by atoms with Gasteiger partial charge in [0.1, 0.15) is 0 Å². The summed E-state index contributed by atoms with van der Waals surface area (Å²) in [5.74, 6) is 1.33. The fourth-order valence-corrected chi connectivity index (χ4v) is 5.42. The number of carbonyl (C=O) groups excluding carboxylic acids is 1. The van der Waals surface area contributed by atoms with Crippen LogP contribution >= 0.6 is 0 Å². The summed E-state index contributed by atoms with van der Waals surface area (Å²) < 4.78 is 0. The van der Waals surface area contributed by atoms with Gasteiger partial charge in [0.05, 0.1) is 6.17 Å². The Morgan fingerprint density at radius 3 is 2.63 bits per heavy atom. The first-order valence-electron chi connectivity index (χ1n) is 8.32. The monoisotopic (exact) mass is 262 g/mol. The van der Waals surface area contributed by atoms with Crippen molar-refractivity contribution in [3.8, 4) is 0 Å². The van der Waals surface area contributed by atoms with Gasteiger partial charge < -0.3 is 4.90 Å². The summed E-state index contributed by atoms with van der Waals surface area (Å²) in [6.45, 7) is 2.43. The molecule has 4 rings (SSSR count). The zero-order chi connectivity index (χ0) is 13.0. The first-order chi connectivity index (χ1) is 9.24. The van der Waals surface area contributed by atoms with E-state index in [1.807, 2.05) is 0 Å². The van der Waals surface area contributed by atoms with Crippen LogP contribution in [-0.4, -0.2) is 40.0 Å². The first kappa shape index (κ1) is 12.2. The lowest BCUT2D eigenvalue weighted by Crippen LogP contribution is -2.69. The number of piperidine rings is 3. The Kier molecular flexibility index (Phi) is 2.87. The molecule has 3 nitrogen and oxygen atoms in total. The topological polar surface area (TPSA) is 23.6 Å². The number of hydrogen-bond acceptors (Lipinski definition) is 2. The van der Waals surface area contributed by atoms with Crippen molar-refractivity contribution in [3.63, 3.8) is 0 Å². The molecule has 0 saturated carbocycles. The van der Waals surface area contributed by atoms with Crippen LogP contribution in [0.4, 0.5) is 0 Å². The van der Waals surface area contributed by atoms with E-state index in [9.17, 15) is 4.79 Å². The highest BCUT2D eigenvalue weighted by molar-refractivity contribution is 5.77. The normalized spacial score (nSPS) is 46.7. The molecule has 19 heavy (non-hydrogen) atoms. The average molecular weight is 262 g/mol. The van der Waals surface area contributed by atoms with Gasteiger partial charge in [-0.15, -0.1) is 0 Å². The van der Waals surface area contributed by atoms with Gasteiger partial charge in [-0.05, 0) is 57.3 Å². The maximum absolute atomic E-state index is 12.4. The second-order valence-electron chi connectivity index (χ2n) is 7.33. The van der Waals surface area contributed by atoms with Gasteiger partial charge in [-0.25, -0.2) is 0 Å². The van der Waals surface area contributed by atoms with Gasteiger partial charge in [0.2, 0.25) is 5.91 Å². The van der Waals surface area contributed by atoms with E-state index in [1.165, 1.54) is 44.9 Å². The van der Waals surface area contributed by atoms with Crippen LogP contribution < -0.4 is 0 Å². The zero-order valence-electron chi connectivity index (χ0n) is 12.1. The van der Waals surface area contributed by atoms with Crippen molar-refractivity contribution < 1.29 is 4.79 Å². The summed E-state index contributed by atoms with van der Waals surface area (Å²) >= 11 is 0. The van der Waals surface area contributed by atoms with E-state index in [-0.39, 0.29) is 0 Å². The molecule has 4 fully saturated rings. The van der Waals surface area contributed by atoms with Gasteiger partial charge in [0, 0.05) is 24.5 Å². The molecular weight excluding hydrogens is 236 g/mol. The molecule has 0 spiro atoms. The molecule has 0 bridgehead atoms. The molecular formula is C16H26N2O. The molecule has 0 radical (unpaired) electrons. The number of rotatable bonds is 0. The number of fused-ring (bicyclic) bond motifs is 2. The smallest absolute Gasteiger partial charge is 0.224 e. The molecule has 5 unspecified atom stereocenters. The molecule has 0 aromatic heterocycles. The fraction of sp³-hybridized carbons (Fsp3) is 0.938. The third-order valence-corrected chi connectivity index (χ3v) is 6.01. The van der Waals surface area contributed by atoms with Gasteiger partial charge in [0.25, 0.3) is 0 Å². The van der Waals surface area contributed by atoms with Crippen LogP contribution in [0.25, 0.3) is 0 Å². The van der Waals surface area contributed by atoms with E-state index in [2.05, 4.69) is 16.7 Å². The highest BCUT2D eigenvalue weighted by atomic mass is 16.2. The van der Waals surface area contributed by atoms with Gasteiger partial charge in [0.15, 0.2) is 0 Å². The molecule has 0 aromatic carbocycles. The van der Waals surface area contributed by atoms with E-state index in [0.29, 0.717) is 18.1 Å². The predicted molar refractivity (Wildman–Crippen MR) is 74.6 cm³/mol. The van der Waals surface area contributed by atoms with Crippen LogP contribution in [0.5, 0.6) is 0 Å². The van der Waals surface area contributed by atoms with Crippen molar-refractivity contribution in [3.05, 3.63) is 0 Å². The summed E-state index contributed by atoms with van der Waals surface area (Å²) in [6.07, 6.45) is 11.5. The maximum Gasteiger partial charge on any atom is 0.224 e. The Hall–Kier alpha value is -0.570. The average Bonchev–Trinajstić information content (AvgIpc) is 2.38. The van der Waals surface area contributed by atoms with E-state index < -0.39 is 0 Å². The van der Waals surface area contributed by atoms with Crippen molar-refractivity contribution in [1.29, 1.82) is 0 Å². The quantitative estimate of drug-likeness (QED) is 0.670. The lowest BCUT2D eigenvalue weighted by Gasteiger charge is -2.60. The highest BCUT2D eigenvalue weighted by Gasteiger charge is 2.50. The van der Waals surface area contributed by atoms with Crippen molar-refractivity contribution in [2.75, 3.05) is 0 Å². The molecule has 106 valence electrons. The number of hydrogen-bond donors (Lipinski definition) is 0. The minimum absolute atomic E-state index is 0.443. The highest BCUT2D eigenvalue weighted by Crippen LogP contribution is 2.44. The molecule has 5 atom stereocenters. The van der Waals surface area contributed by atoms with Gasteiger partial charge in [-0.3, -0.25) is 9.69 Å². The maximum atomic E-state index is 12.4. The lowest BCUT2D eigenvalue weighted by atomic mass is 9.76. The lowest BCUT2D eigenvalue weighted by molar-refractivity contribution is -0.171. The molecule has 4 aliphatic rings. The Labute approximate surface area is 116 Å². The van der Waals surface area contributed by atoms with E-state index in [4.69, 9.17) is 0 Å². The van der Waals surface area contributed by atoms with Crippen molar-refractivity contribution >= 4 is 5.91 Å². The van der Waals surface area contributed by atoms with Gasteiger partial charge in [-0.2, -0.15) is 0 Å². The summed E-state index contributed by atoms with van der Waals surface area (Å²) in [5, 5.41) is 0. The molecule has 4 aliphatic heterocycles. The minimum atomic E-state index is 0.443. The van der Waals surface area contributed by atoms with Crippen molar-refractivity contribution in [2.45, 2.75) is 89.0 Å². The van der Waals surface area contributed by atoms with Gasteiger partial charge in [-0.1, -0.05) is 6.92 Å². The minimum Gasteiger partial charge on any atom is -0.324 e. The molecule has 0 N–H and O–H groups in total. The molecule has 3 heteroatoms. The van der Waals surface area contributed by atoms with Crippen LogP contribution in [-0.2, 0) is 4.79 Å². The Morgan fingerprint density at radius 2 is 1.74 bits per heavy atom. The number of amides is 1. The second kappa shape index (κ2) is 4.47. The Morgan fingerprint density at radius 1 is 0.947 bits per heavy atom. The molecule has 4 saturated heterocycles. The van der Waals surface area contributed by atoms with Gasteiger partial charge >= 0.3 is 0 Å². The SMILES string of the molecule is CC1CC2CCCC3N4C(=O)CCCC4CC(C1)N23. The fourth-order valence-electron chi connectivity index (χ4n) is 5.42. The van der Waals surface area contributed by atoms with Crippen LogP contribution in [0.1, 0.15) is 64.7 Å². The number of nitrogens with zero attached hydrogens (tertiary/aromatic N) is 2. The summed E-state index contributed by atoms with van der Waals surface area (Å²) in [6, 6.07) is 2.10. The standard InChI is InChI=1S/C16H26N2O/c1-11-8-12-4-2-6-15-17(12)14(9-11)10-13-5-3-7-16(19)18(13)15/h11-15H,2-10H2,1H3. The third kappa shape index (κ3) is 1.84. The zero-order valence-corrected chi connectivity index (χ0v) is 12.1.